The highest BCUT2D eigenvalue weighted by Crippen LogP contribution is 2.55. The van der Waals surface area contributed by atoms with Gasteiger partial charge in [-0.05, 0) is 0 Å². The Hall–Kier alpha value is -1.61. The van der Waals surface area contributed by atoms with E-state index < -0.39 is 60.4 Å². The van der Waals surface area contributed by atoms with Crippen LogP contribution in [0.2, 0.25) is 0 Å². The zero-order valence-electron chi connectivity index (χ0n) is 11.0. The lowest BCUT2D eigenvalue weighted by Gasteiger charge is -2.46. The fourth-order valence-electron chi connectivity index (χ4n) is 1.27. The number of rotatable bonds is 5. The van der Waals surface area contributed by atoms with Crippen molar-refractivity contribution in [1.82, 2.24) is 4.90 Å². The first-order valence-corrected chi connectivity index (χ1v) is 5.55. The minimum atomic E-state index is -6.30. The van der Waals surface area contributed by atoms with Crippen molar-refractivity contribution in [1.29, 1.82) is 0 Å². The van der Waals surface area contributed by atoms with Crippen LogP contribution in [0.25, 0.3) is 0 Å². The summed E-state index contributed by atoms with van der Waals surface area (Å²) in [6.07, 6.45) is -18.5. The van der Waals surface area contributed by atoms with Crippen molar-refractivity contribution < 1.29 is 66.5 Å². The van der Waals surface area contributed by atoms with Crippen LogP contribution < -0.4 is 0 Å². The van der Waals surface area contributed by atoms with E-state index in [-0.39, 0.29) is 0 Å². The van der Waals surface area contributed by atoms with E-state index in [4.69, 9.17) is 0 Å². The van der Waals surface area contributed by atoms with Gasteiger partial charge in [0.05, 0.1) is 6.20 Å². The molecule has 1 heterocycles. The molecule has 148 valence electrons. The summed E-state index contributed by atoms with van der Waals surface area (Å²) in [4.78, 5) is -2.53. The van der Waals surface area contributed by atoms with Gasteiger partial charge in [0.1, 0.15) is 0 Å². The Kier molecular flexibility index (Phi) is 5.13. The van der Waals surface area contributed by atoms with Gasteiger partial charge in [-0.2, -0.15) is 48.3 Å². The maximum absolute atomic E-state index is 13.2. The lowest BCUT2D eigenvalue weighted by Crippen LogP contribution is -2.72. The van der Waals surface area contributed by atoms with E-state index in [1.54, 1.807) is 0 Å². The van der Waals surface area contributed by atoms with Crippen LogP contribution in [0.15, 0.2) is 12.2 Å². The second-order valence-corrected chi connectivity index (χ2v) is 4.37. The molecule has 25 heavy (non-hydrogen) atoms. The second-order valence-electron chi connectivity index (χ2n) is 4.37. The highest BCUT2D eigenvalue weighted by molar-refractivity contribution is 5.01. The molecule has 0 N–H and O–H groups in total. The molecular formula is C9H4F13NO2. The molecule has 1 aliphatic heterocycles. The summed E-state index contributed by atoms with van der Waals surface area (Å²) in [5, 5.41) is 0. The number of hydrogen-bond acceptors (Lipinski definition) is 3. The SMILES string of the molecule is F/C(=C/N1C(F)(F)C(F)(F)OC(F)(F)C1(F)F)OCC(F)(F)C(F)F. The Morgan fingerprint density at radius 3 is 1.72 bits per heavy atom. The van der Waals surface area contributed by atoms with Gasteiger partial charge in [-0.15, -0.1) is 0 Å². The third-order valence-electron chi connectivity index (χ3n) is 2.51. The predicted molar refractivity (Wildman–Crippen MR) is 48.8 cm³/mol. The first-order chi connectivity index (χ1) is 10.9. The molecule has 0 amide bonds. The fraction of sp³-hybridized carbons (Fsp3) is 0.778. The zero-order valence-corrected chi connectivity index (χ0v) is 11.0. The van der Waals surface area contributed by atoms with E-state index in [2.05, 4.69) is 4.74 Å². The van der Waals surface area contributed by atoms with Crippen LogP contribution in [-0.4, -0.2) is 48.2 Å². The lowest BCUT2D eigenvalue weighted by atomic mass is 10.3. The number of nitrogens with zero attached hydrogens (tertiary/aromatic N) is 1. The number of hydrogen-bond donors (Lipinski definition) is 0. The second kappa shape index (κ2) is 5.98. The molecule has 0 aromatic heterocycles. The van der Waals surface area contributed by atoms with Crippen LogP contribution in [0.4, 0.5) is 57.1 Å². The third kappa shape index (κ3) is 3.67. The van der Waals surface area contributed by atoms with Crippen molar-refractivity contribution in [3.8, 4) is 0 Å². The van der Waals surface area contributed by atoms with Crippen LogP contribution in [0.3, 0.4) is 0 Å². The smallest absolute Gasteiger partial charge is 0.445 e. The third-order valence-corrected chi connectivity index (χ3v) is 2.51. The van der Waals surface area contributed by atoms with Crippen molar-refractivity contribution in [2.75, 3.05) is 6.61 Å². The van der Waals surface area contributed by atoms with Crippen molar-refractivity contribution in [2.24, 2.45) is 0 Å². The van der Waals surface area contributed by atoms with Gasteiger partial charge in [-0.25, -0.2) is 18.4 Å². The topological polar surface area (TPSA) is 21.7 Å². The van der Waals surface area contributed by atoms with Gasteiger partial charge in [0.15, 0.2) is 6.61 Å². The standard InChI is InChI=1S/C9H4F13NO2/c10-3(24-2-5(13,14)4(11)12)1-23-6(15,16)8(19,20)25-9(21,22)7(23,17)18/h1,4H,2H2/b3-1-. The van der Waals surface area contributed by atoms with Crippen LogP contribution in [-0.2, 0) is 9.47 Å². The lowest BCUT2D eigenvalue weighted by molar-refractivity contribution is -0.555. The minimum Gasteiger partial charge on any atom is -0.463 e. The maximum Gasteiger partial charge on any atom is 0.445 e. The fourth-order valence-corrected chi connectivity index (χ4v) is 1.27. The molecule has 0 unspecified atom stereocenters. The van der Waals surface area contributed by atoms with Crippen molar-refractivity contribution in [2.45, 2.75) is 36.7 Å². The van der Waals surface area contributed by atoms with Gasteiger partial charge >= 0.3 is 36.7 Å². The van der Waals surface area contributed by atoms with E-state index in [1.165, 1.54) is 0 Å². The Bertz CT molecular complexity index is 506. The van der Waals surface area contributed by atoms with Gasteiger partial charge in [-0.3, -0.25) is 0 Å². The van der Waals surface area contributed by atoms with Crippen LogP contribution >= 0.6 is 0 Å². The summed E-state index contributed by atoms with van der Waals surface area (Å²) in [6.45, 7) is -2.60. The summed E-state index contributed by atoms with van der Waals surface area (Å²) in [5.41, 5.74) is 0. The van der Waals surface area contributed by atoms with Gasteiger partial charge < -0.3 is 4.74 Å². The van der Waals surface area contributed by atoms with Crippen molar-refractivity contribution in [3.63, 3.8) is 0 Å². The van der Waals surface area contributed by atoms with Gasteiger partial charge in [0.2, 0.25) is 0 Å². The monoisotopic (exact) mass is 405 g/mol. The molecule has 1 saturated heterocycles. The molecule has 0 atom stereocenters. The Balaban J connectivity index is 3.17. The largest absolute Gasteiger partial charge is 0.463 e. The van der Waals surface area contributed by atoms with Crippen LogP contribution in [0, 0.1) is 0 Å². The minimum absolute atomic E-state index is 1.51. The van der Waals surface area contributed by atoms with E-state index in [0.717, 1.165) is 0 Å². The summed E-state index contributed by atoms with van der Waals surface area (Å²) < 4.78 is 170. The Morgan fingerprint density at radius 1 is 0.960 bits per heavy atom. The van der Waals surface area contributed by atoms with Gasteiger partial charge in [0.25, 0.3) is 6.01 Å². The van der Waals surface area contributed by atoms with E-state index in [1.807, 2.05) is 4.74 Å². The first kappa shape index (κ1) is 21.4. The highest BCUT2D eigenvalue weighted by atomic mass is 19.4. The maximum atomic E-state index is 13.2. The molecule has 0 bridgehead atoms. The van der Waals surface area contributed by atoms with Crippen molar-refractivity contribution >= 4 is 0 Å². The molecule has 1 aliphatic rings. The molecule has 0 radical (unpaired) electrons. The summed E-state index contributed by atoms with van der Waals surface area (Å²) in [5.74, 6) is -5.09. The molecule has 0 saturated carbocycles. The molecule has 0 aromatic carbocycles. The molecule has 0 spiro atoms. The molecule has 3 nitrogen and oxygen atoms in total. The molecule has 0 aliphatic carbocycles. The first-order valence-electron chi connectivity index (χ1n) is 5.55. The molecular weight excluding hydrogens is 401 g/mol. The van der Waals surface area contributed by atoms with E-state index >= 15 is 0 Å². The molecule has 0 aromatic rings. The summed E-state index contributed by atoms with van der Waals surface area (Å²) >= 11 is 0. The van der Waals surface area contributed by atoms with Crippen molar-refractivity contribution in [3.05, 3.63) is 12.2 Å². The van der Waals surface area contributed by atoms with Gasteiger partial charge in [0, 0.05) is 0 Å². The average molecular weight is 405 g/mol. The summed E-state index contributed by atoms with van der Waals surface area (Å²) in [6, 6.07) is -15.6. The Labute approximate surface area is 128 Å². The molecule has 1 fully saturated rings. The van der Waals surface area contributed by atoms with Crippen LogP contribution in [0.1, 0.15) is 0 Å². The number of alkyl halides is 12. The van der Waals surface area contributed by atoms with Gasteiger partial charge in [-0.1, -0.05) is 0 Å². The quantitative estimate of drug-likeness (QED) is 0.385. The van der Waals surface area contributed by atoms with E-state index in [9.17, 15) is 57.1 Å². The zero-order chi connectivity index (χ0) is 20.1. The summed E-state index contributed by atoms with van der Waals surface area (Å²) in [7, 11) is 0. The number of morpholine rings is 1. The predicted octanol–water partition coefficient (Wildman–Crippen LogP) is 4.38. The molecule has 1 rings (SSSR count). The normalized spacial score (nSPS) is 25.2. The molecule has 16 heteroatoms. The van der Waals surface area contributed by atoms with Crippen LogP contribution in [0.5, 0.6) is 0 Å². The Morgan fingerprint density at radius 2 is 1.36 bits per heavy atom. The van der Waals surface area contributed by atoms with E-state index in [0.29, 0.717) is 0 Å². The number of ether oxygens (including phenoxy) is 2. The average Bonchev–Trinajstić information content (AvgIpc) is 2.39. The number of halogens is 13. The highest BCUT2D eigenvalue weighted by Gasteiger charge is 2.82.